The Bertz CT molecular complexity index is 739. The molecule has 6 heteroatoms. The van der Waals surface area contributed by atoms with Crippen LogP contribution in [0.25, 0.3) is 0 Å². The van der Waals surface area contributed by atoms with Gasteiger partial charge in [-0.1, -0.05) is 19.9 Å². The van der Waals surface area contributed by atoms with Gasteiger partial charge in [-0.3, -0.25) is 4.79 Å². The number of nitrogens with one attached hydrogen (secondary N) is 1. The van der Waals surface area contributed by atoms with E-state index in [1.54, 1.807) is 13.0 Å². The molecule has 3 rings (SSSR count). The first-order valence-electron chi connectivity index (χ1n) is 8.59. The Hall–Kier alpha value is -2.05. The van der Waals surface area contributed by atoms with E-state index >= 15 is 0 Å². The SMILES string of the molecule is CC(N)C1C(O)NC2=C(C(=O)CC(C)(C)C2)C1c1ccc(O)c(O)c1. The van der Waals surface area contributed by atoms with Crippen LogP contribution in [-0.4, -0.2) is 33.4 Å². The van der Waals surface area contributed by atoms with Gasteiger partial charge in [-0.15, -0.1) is 0 Å². The number of Topliss-reactive ketones (excluding diaryl/α,β-unsaturated/α-hetero) is 1. The van der Waals surface area contributed by atoms with Crippen LogP contribution in [0.15, 0.2) is 29.5 Å². The number of allylic oxidation sites excluding steroid dienone is 2. The molecule has 1 aliphatic heterocycles. The van der Waals surface area contributed by atoms with Crippen LogP contribution in [0.5, 0.6) is 11.5 Å². The molecule has 4 unspecified atom stereocenters. The molecule has 136 valence electrons. The summed E-state index contributed by atoms with van der Waals surface area (Å²) in [6, 6.07) is 4.14. The average molecular weight is 346 g/mol. The average Bonchev–Trinajstić information content (AvgIpc) is 2.46. The predicted octanol–water partition coefficient (Wildman–Crippen LogP) is 1.71. The summed E-state index contributed by atoms with van der Waals surface area (Å²) >= 11 is 0. The zero-order chi connectivity index (χ0) is 18.5. The quantitative estimate of drug-likeness (QED) is 0.521. The second kappa shape index (κ2) is 6.04. The Morgan fingerprint density at radius 3 is 2.52 bits per heavy atom. The third-order valence-corrected chi connectivity index (χ3v) is 5.27. The molecule has 0 bridgehead atoms. The van der Waals surface area contributed by atoms with Gasteiger partial charge >= 0.3 is 0 Å². The Labute approximate surface area is 147 Å². The number of aliphatic hydroxyl groups excluding tert-OH is 1. The van der Waals surface area contributed by atoms with Crippen LogP contribution in [0.1, 0.15) is 45.1 Å². The molecule has 25 heavy (non-hydrogen) atoms. The number of phenolic OH excluding ortho intramolecular Hbond substituents is 2. The lowest BCUT2D eigenvalue weighted by atomic mass is 9.65. The van der Waals surface area contributed by atoms with Crippen LogP contribution in [0.2, 0.25) is 0 Å². The van der Waals surface area contributed by atoms with Crippen molar-refractivity contribution in [2.75, 3.05) is 0 Å². The minimum absolute atomic E-state index is 0.0360. The van der Waals surface area contributed by atoms with Gasteiger partial charge in [-0.2, -0.15) is 0 Å². The number of aromatic hydroxyl groups is 2. The molecular weight excluding hydrogens is 320 g/mol. The summed E-state index contributed by atoms with van der Waals surface area (Å²) in [5.74, 6) is -1.29. The molecule has 0 saturated carbocycles. The zero-order valence-corrected chi connectivity index (χ0v) is 14.8. The van der Waals surface area contributed by atoms with Crippen molar-refractivity contribution in [2.45, 2.75) is 51.8 Å². The van der Waals surface area contributed by atoms with E-state index in [0.29, 0.717) is 24.0 Å². The van der Waals surface area contributed by atoms with Gasteiger partial charge in [0, 0.05) is 35.6 Å². The molecule has 0 radical (unpaired) electrons. The molecule has 4 atom stereocenters. The second-order valence-electron chi connectivity index (χ2n) is 8.08. The fourth-order valence-electron chi connectivity index (χ4n) is 4.19. The van der Waals surface area contributed by atoms with Gasteiger partial charge in [0.2, 0.25) is 0 Å². The first-order chi connectivity index (χ1) is 11.6. The number of ketones is 1. The van der Waals surface area contributed by atoms with Crippen LogP contribution in [0.3, 0.4) is 0 Å². The highest BCUT2D eigenvalue weighted by Gasteiger charge is 2.46. The molecular formula is C19H26N2O4. The monoisotopic (exact) mass is 346 g/mol. The van der Waals surface area contributed by atoms with Crippen LogP contribution in [0.4, 0.5) is 0 Å². The fraction of sp³-hybridized carbons (Fsp3) is 0.526. The number of carbonyl (C=O) groups is 1. The van der Waals surface area contributed by atoms with E-state index in [-0.39, 0.29) is 28.7 Å². The summed E-state index contributed by atoms with van der Waals surface area (Å²) in [5.41, 5.74) is 8.01. The van der Waals surface area contributed by atoms with Crippen molar-refractivity contribution in [2.24, 2.45) is 17.1 Å². The molecule has 6 N–H and O–H groups in total. The van der Waals surface area contributed by atoms with Crippen molar-refractivity contribution in [3.05, 3.63) is 35.0 Å². The first-order valence-corrected chi connectivity index (χ1v) is 8.59. The van der Waals surface area contributed by atoms with Crippen molar-refractivity contribution >= 4 is 5.78 Å². The summed E-state index contributed by atoms with van der Waals surface area (Å²) in [4.78, 5) is 12.9. The van der Waals surface area contributed by atoms with E-state index in [2.05, 4.69) is 5.32 Å². The van der Waals surface area contributed by atoms with Gasteiger partial charge in [0.15, 0.2) is 17.3 Å². The second-order valence-corrected chi connectivity index (χ2v) is 8.08. The number of carbonyl (C=O) groups excluding carboxylic acids is 1. The number of rotatable bonds is 2. The van der Waals surface area contributed by atoms with E-state index < -0.39 is 18.1 Å². The van der Waals surface area contributed by atoms with Crippen molar-refractivity contribution in [3.63, 3.8) is 0 Å². The van der Waals surface area contributed by atoms with Crippen molar-refractivity contribution < 1.29 is 20.1 Å². The lowest BCUT2D eigenvalue weighted by molar-refractivity contribution is -0.119. The van der Waals surface area contributed by atoms with E-state index in [9.17, 15) is 20.1 Å². The number of phenols is 2. The number of nitrogens with two attached hydrogens (primary N) is 1. The topological polar surface area (TPSA) is 116 Å². The molecule has 1 aromatic carbocycles. The fourth-order valence-corrected chi connectivity index (χ4v) is 4.19. The molecule has 2 aliphatic rings. The maximum Gasteiger partial charge on any atom is 0.161 e. The zero-order valence-electron chi connectivity index (χ0n) is 14.8. The van der Waals surface area contributed by atoms with Crippen molar-refractivity contribution in [1.29, 1.82) is 0 Å². The minimum Gasteiger partial charge on any atom is -0.504 e. The normalized spacial score (nSPS) is 29.8. The maximum absolute atomic E-state index is 12.9. The van der Waals surface area contributed by atoms with Crippen LogP contribution >= 0.6 is 0 Å². The molecule has 0 aromatic heterocycles. The van der Waals surface area contributed by atoms with Gasteiger partial charge in [-0.05, 0) is 36.5 Å². The first kappa shape index (κ1) is 17.8. The molecule has 0 saturated heterocycles. The van der Waals surface area contributed by atoms with Gasteiger partial charge in [0.25, 0.3) is 0 Å². The third-order valence-electron chi connectivity index (χ3n) is 5.27. The Morgan fingerprint density at radius 1 is 1.24 bits per heavy atom. The predicted molar refractivity (Wildman–Crippen MR) is 93.8 cm³/mol. The van der Waals surface area contributed by atoms with Gasteiger partial charge < -0.3 is 26.4 Å². The highest BCUT2D eigenvalue weighted by molar-refractivity contribution is 5.99. The number of hydrogen-bond donors (Lipinski definition) is 5. The van der Waals surface area contributed by atoms with Crippen LogP contribution in [-0.2, 0) is 4.79 Å². The van der Waals surface area contributed by atoms with Crippen molar-refractivity contribution in [1.82, 2.24) is 5.32 Å². The smallest absolute Gasteiger partial charge is 0.161 e. The summed E-state index contributed by atoms with van der Waals surface area (Å²) in [7, 11) is 0. The van der Waals surface area contributed by atoms with Crippen LogP contribution < -0.4 is 11.1 Å². The lowest BCUT2D eigenvalue weighted by Gasteiger charge is -2.45. The Balaban J connectivity index is 2.17. The van der Waals surface area contributed by atoms with E-state index in [1.165, 1.54) is 12.1 Å². The summed E-state index contributed by atoms with van der Waals surface area (Å²) < 4.78 is 0. The van der Waals surface area contributed by atoms with Crippen molar-refractivity contribution in [3.8, 4) is 11.5 Å². The molecule has 0 spiro atoms. The molecule has 1 aromatic rings. The van der Waals surface area contributed by atoms with E-state index in [0.717, 1.165) is 5.70 Å². The highest BCUT2D eigenvalue weighted by Crippen LogP contribution is 2.48. The van der Waals surface area contributed by atoms with Crippen LogP contribution in [0, 0.1) is 11.3 Å². The highest BCUT2D eigenvalue weighted by atomic mass is 16.3. The maximum atomic E-state index is 12.9. The molecule has 0 fully saturated rings. The summed E-state index contributed by atoms with van der Waals surface area (Å²) in [6.07, 6.45) is 0.203. The number of benzene rings is 1. The third kappa shape index (κ3) is 3.12. The standard InChI is InChI=1S/C19H26N2O4/c1-9(20)15-16(10-4-5-12(22)13(23)6-10)17-11(21-18(15)25)7-19(2,3)8-14(17)24/h4-6,9,15-16,18,21-23,25H,7-8,20H2,1-3H3. The van der Waals surface area contributed by atoms with Gasteiger partial charge in [0.1, 0.15) is 6.23 Å². The molecule has 6 nitrogen and oxygen atoms in total. The Kier molecular flexibility index (Phi) is 4.29. The number of aliphatic hydroxyl groups is 1. The van der Waals surface area contributed by atoms with Gasteiger partial charge in [-0.25, -0.2) is 0 Å². The summed E-state index contributed by atoms with van der Waals surface area (Å²) in [6.45, 7) is 5.86. The van der Waals surface area contributed by atoms with Gasteiger partial charge in [0.05, 0.1) is 0 Å². The molecule has 1 heterocycles. The molecule has 0 amide bonds. The van der Waals surface area contributed by atoms with E-state index in [4.69, 9.17) is 5.73 Å². The molecule has 1 aliphatic carbocycles. The largest absolute Gasteiger partial charge is 0.504 e. The number of hydrogen-bond acceptors (Lipinski definition) is 6. The lowest BCUT2D eigenvalue weighted by Crippen LogP contribution is -2.53. The summed E-state index contributed by atoms with van der Waals surface area (Å²) in [5, 5.41) is 33.2. The van der Waals surface area contributed by atoms with E-state index in [1.807, 2.05) is 13.8 Å². The minimum atomic E-state index is -0.888. The Morgan fingerprint density at radius 2 is 1.92 bits per heavy atom.